The molecule has 2 aliphatic rings. The van der Waals surface area contributed by atoms with Crippen molar-refractivity contribution in [2.75, 3.05) is 33.2 Å². The van der Waals surface area contributed by atoms with Crippen LogP contribution in [0.1, 0.15) is 48.0 Å². The molecule has 2 aliphatic heterocycles. The van der Waals surface area contributed by atoms with Crippen molar-refractivity contribution in [2.45, 2.75) is 50.0 Å². The SMILES string of the molecule is CNC1CCN(C(=O)c2ccc(C)c(S(=O)(=O)N3CCCCC3)c2)CC1.Cl. The first-order chi connectivity index (χ1) is 12.4. The van der Waals surface area contributed by atoms with E-state index in [1.54, 1.807) is 29.4 Å². The molecule has 0 aromatic heterocycles. The van der Waals surface area contributed by atoms with Crippen LogP contribution in [0, 0.1) is 6.92 Å². The molecule has 2 fully saturated rings. The van der Waals surface area contributed by atoms with Crippen LogP contribution in [0.3, 0.4) is 0 Å². The number of rotatable bonds is 4. The van der Waals surface area contributed by atoms with Crippen LogP contribution in [-0.2, 0) is 10.0 Å². The Kier molecular flexibility index (Phi) is 7.68. The molecule has 1 amide bonds. The summed E-state index contributed by atoms with van der Waals surface area (Å²) in [6.45, 7) is 4.33. The third kappa shape index (κ3) is 4.83. The zero-order chi connectivity index (χ0) is 18.7. The van der Waals surface area contributed by atoms with Crippen molar-refractivity contribution in [3.8, 4) is 0 Å². The number of nitrogens with zero attached hydrogens (tertiary/aromatic N) is 2. The summed E-state index contributed by atoms with van der Waals surface area (Å²) in [7, 11) is -1.60. The number of piperidine rings is 2. The highest BCUT2D eigenvalue weighted by molar-refractivity contribution is 7.89. The Morgan fingerprint density at radius 1 is 1.07 bits per heavy atom. The molecule has 1 aromatic carbocycles. The van der Waals surface area contributed by atoms with E-state index in [0.29, 0.717) is 43.3 Å². The zero-order valence-electron chi connectivity index (χ0n) is 16.1. The Balaban J connectivity index is 0.00000261. The third-order valence-corrected chi connectivity index (χ3v) is 7.60. The van der Waals surface area contributed by atoms with E-state index in [9.17, 15) is 13.2 Å². The summed E-state index contributed by atoms with van der Waals surface area (Å²) in [6.07, 6.45) is 4.72. The summed E-state index contributed by atoms with van der Waals surface area (Å²) in [5.41, 5.74) is 1.16. The number of halogens is 1. The van der Waals surface area contributed by atoms with Gasteiger partial charge in [-0.25, -0.2) is 8.42 Å². The summed E-state index contributed by atoms with van der Waals surface area (Å²) in [4.78, 5) is 15.0. The second kappa shape index (κ2) is 9.37. The van der Waals surface area contributed by atoms with Crippen LogP contribution in [0.15, 0.2) is 23.1 Å². The van der Waals surface area contributed by atoms with Gasteiger partial charge in [0, 0.05) is 37.8 Å². The predicted molar refractivity (Wildman–Crippen MR) is 109 cm³/mol. The molecule has 0 saturated carbocycles. The fourth-order valence-corrected chi connectivity index (χ4v) is 5.58. The van der Waals surface area contributed by atoms with Gasteiger partial charge in [-0.15, -0.1) is 12.4 Å². The Morgan fingerprint density at radius 3 is 2.30 bits per heavy atom. The van der Waals surface area contributed by atoms with Gasteiger partial charge >= 0.3 is 0 Å². The molecule has 0 atom stereocenters. The molecule has 8 heteroatoms. The Hall–Kier alpha value is -1.15. The summed E-state index contributed by atoms with van der Waals surface area (Å²) in [6, 6.07) is 5.53. The maximum Gasteiger partial charge on any atom is 0.253 e. The molecule has 2 heterocycles. The van der Waals surface area contributed by atoms with Crippen molar-refractivity contribution < 1.29 is 13.2 Å². The Bertz CT molecular complexity index is 755. The lowest BCUT2D eigenvalue weighted by molar-refractivity contribution is 0.0707. The molecular weight excluding hydrogens is 386 g/mol. The van der Waals surface area contributed by atoms with Crippen molar-refractivity contribution in [1.82, 2.24) is 14.5 Å². The summed E-state index contributed by atoms with van der Waals surface area (Å²) < 4.78 is 27.6. The molecule has 0 unspecified atom stereocenters. The van der Waals surface area contributed by atoms with E-state index in [1.807, 2.05) is 11.9 Å². The van der Waals surface area contributed by atoms with Gasteiger partial charge < -0.3 is 10.2 Å². The van der Waals surface area contributed by atoms with Gasteiger partial charge in [0.2, 0.25) is 10.0 Å². The van der Waals surface area contributed by atoms with Crippen LogP contribution in [-0.4, -0.2) is 62.8 Å². The highest BCUT2D eigenvalue weighted by Crippen LogP contribution is 2.25. The number of aryl methyl sites for hydroxylation is 1. The largest absolute Gasteiger partial charge is 0.339 e. The molecular formula is C19H30ClN3O3S. The Morgan fingerprint density at radius 2 is 1.70 bits per heavy atom. The molecule has 0 aliphatic carbocycles. The van der Waals surface area contributed by atoms with Crippen LogP contribution in [0.2, 0.25) is 0 Å². The number of carbonyl (C=O) groups excluding carboxylic acids is 1. The third-order valence-electron chi connectivity index (χ3n) is 5.56. The average molecular weight is 416 g/mol. The fourth-order valence-electron chi connectivity index (χ4n) is 3.81. The monoisotopic (exact) mass is 415 g/mol. The number of amides is 1. The maximum absolute atomic E-state index is 13.0. The van der Waals surface area contributed by atoms with Crippen molar-refractivity contribution in [3.05, 3.63) is 29.3 Å². The molecule has 6 nitrogen and oxygen atoms in total. The first-order valence-corrected chi connectivity index (χ1v) is 10.9. The number of carbonyl (C=O) groups is 1. The van der Waals surface area contributed by atoms with Gasteiger partial charge in [-0.2, -0.15) is 4.31 Å². The number of nitrogens with one attached hydrogen (secondary N) is 1. The number of sulfonamides is 1. The van der Waals surface area contributed by atoms with Crippen molar-refractivity contribution in [3.63, 3.8) is 0 Å². The molecule has 152 valence electrons. The first kappa shape index (κ1) is 22.1. The van der Waals surface area contributed by atoms with Gasteiger partial charge in [0.15, 0.2) is 0 Å². The summed E-state index contributed by atoms with van der Waals surface area (Å²) in [5.74, 6) is -0.0744. The number of hydrogen-bond donors (Lipinski definition) is 1. The number of likely N-dealkylation sites (tertiary alicyclic amines) is 1. The summed E-state index contributed by atoms with van der Waals surface area (Å²) >= 11 is 0. The molecule has 1 N–H and O–H groups in total. The fraction of sp³-hybridized carbons (Fsp3) is 0.632. The molecule has 0 bridgehead atoms. The maximum atomic E-state index is 13.0. The minimum Gasteiger partial charge on any atom is -0.339 e. The van der Waals surface area contributed by atoms with Crippen LogP contribution in [0.25, 0.3) is 0 Å². The minimum atomic E-state index is -3.54. The minimum absolute atomic E-state index is 0. The molecule has 27 heavy (non-hydrogen) atoms. The second-order valence-electron chi connectivity index (χ2n) is 7.30. The standard InChI is InChI=1S/C19H29N3O3S.ClH/c1-15-6-7-16(19(23)21-12-8-17(20-2)9-13-21)14-18(15)26(24,25)22-10-4-3-5-11-22;/h6-7,14,17,20H,3-5,8-13H2,1-2H3;1H. The Labute approximate surface area is 168 Å². The molecule has 0 radical (unpaired) electrons. The quantitative estimate of drug-likeness (QED) is 0.819. The van der Waals surface area contributed by atoms with E-state index in [1.165, 1.54) is 0 Å². The van der Waals surface area contributed by atoms with E-state index in [2.05, 4.69) is 5.32 Å². The highest BCUT2D eigenvalue weighted by atomic mass is 35.5. The van der Waals surface area contributed by atoms with Crippen LogP contribution >= 0.6 is 12.4 Å². The lowest BCUT2D eigenvalue weighted by Gasteiger charge is -2.32. The lowest BCUT2D eigenvalue weighted by atomic mass is 10.0. The predicted octanol–water partition coefficient (Wildman–Crippen LogP) is 2.42. The zero-order valence-corrected chi connectivity index (χ0v) is 17.7. The molecule has 2 saturated heterocycles. The molecule has 0 spiro atoms. The lowest BCUT2D eigenvalue weighted by Crippen LogP contribution is -2.44. The van der Waals surface area contributed by atoms with E-state index < -0.39 is 10.0 Å². The molecule has 1 aromatic rings. The van der Waals surface area contributed by atoms with Gasteiger partial charge in [0.25, 0.3) is 5.91 Å². The van der Waals surface area contributed by atoms with Crippen LogP contribution < -0.4 is 5.32 Å². The number of hydrogen-bond acceptors (Lipinski definition) is 4. The number of benzene rings is 1. The first-order valence-electron chi connectivity index (χ1n) is 9.51. The van der Waals surface area contributed by atoms with Crippen LogP contribution in [0.5, 0.6) is 0 Å². The topological polar surface area (TPSA) is 69.7 Å². The highest BCUT2D eigenvalue weighted by Gasteiger charge is 2.29. The normalized spacial score (nSPS) is 19.6. The van der Waals surface area contributed by atoms with Crippen LogP contribution in [0.4, 0.5) is 0 Å². The van der Waals surface area contributed by atoms with E-state index >= 15 is 0 Å². The van der Waals surface area contributed by atoms with E-state index in [4.69, 9.17) is 0 Å². The summed E-state index contributed by atoms with van der Waals surface area (Å²) in [5, 5.41) is 3.25. The van der Waals surface area contributed by atoms with E-state index in [-0.39, 0.29) is 23.2 Å². The van der Waals surface area contributed by atoms with Crippen molar-refractivity contribution >= 4 is 28.3 Å². The van der Waals surface area contributed by atoms with Gasteiger partial charge in [-0.1, -0.05) is 12.5 Å². The smallest absolute Gasteiger partial charge is 0.253 e. The van der Waals surface area contributed by atoms with Gasteiger partial charge in [-0.05, 0) is 57.4 Å². The van der Waals surface area contributed by atoms with Gasteiger partial charge in [0.05, 0.1) is 4.90 Å². The van der Waals surface area contributed by atoms with Gasteiger partial charge in [-0.3, -0.25) is 4.79 Å². The van der Waals surface area contributed by atoms with Crippen molar-refractivity contribution in [2.24, 2.45) is 0 Å². The molecule has 3 rings (SSSR count). The average Bonchev–Trinajstić information content (AvgIpc) is 2.68. The van der Waals surface area contributed by atoms with Gasteiger partial charge in [0.1, 0.15) is 0 Å². The van der Waals surface area contributed by atoms with Crippen molar-refractivity contribution in [1.29, 1.82) is 0 Å². The van der Waals surface area contributed by atoms with E-state index in [0.717, 1.165) is 32.1 Å². The second-order valence-corrected chi connectivity index (χ2v) is 9.21.